The first-order valence-corrected chi connectivity index (χ1v) is 5.81. The predicted octanol–water partition coefficient (Wildman–Crippen LogP) is 2.19. The Morgan fingerprint density at radius 1 is 1.38 bits per heavy atom. The molecule has 0 amide bonds. The lowest BCUT2D eigenvalue weighted by Gasteiger charge is -2.12. The number of nitrogens with zero attached hydrogens (tertiary/aromatic N) is 3. The van der Waals surface area contributed by atoms with E-state index in [9.17, 15) is 13.2 Å². The Morgan fingerprint density at radius 3 is 2.76 bits per heavy atom. The molecule has 21 heavy (non-hydrogen) atoms. The summed E-state index contributed by atoms with van der Waals surface area (Å²) < 4.78 is 42.3. The van der Waals surface area contributed by atoms with Gasteiger partial charge in [-0.15, -0.1) is 13.2 Å². The van der Waals surface area contributed by atoms with Crippen LogP contribution in [0.2, 0.25) is 0 Å². The molecule has 1 N–H and O–H groups in total. The number of nitriles is 1. The van der Waals surface area contributed by atoms with Gasteiger partial charge in [0.25, 0.3) is 0 Å². The van der Waals surface area contributed by atoms with E-state index in [-0.39, 0.29) is 18.7 Å². The predicted molar refractivity (Wildman–Crippen MR) is 65.1 cm³/mol. The Balaban J connectivity index is 2.30. The van der Waals surface area contributed by atoms with Crippen LogP contribution in [0.25, 0.3) is 0 Å². The number of aliphatic hydroxyl groups is 1. The maximum absolute atomic E-state index is 12.3. The van der Waals surface area contributed by atoms with Crippen molar-refractivity contribution in [1.82, 2.24) is 9.55 Å². The zero-order valence-electron chi connectivity index (χ0n) is 10.6. The van der Waals surface area contributed by atoms with Crippen LogP contribution in [-0.2, 0) is 13.2 Å². The number of hydrogen-bond donors (Lipinski definition) is 1. The number of imidazole rings is 1. The van der Waals surface area contributed by atoms with Crippen LogP contribution >= 0.6 is 0 Å². The van der Waals surface area contributed by atoms with Crippen LogP contribution in [0.4, 0.5) is 13.2 Å². The second kappa shape index (κ2) is 5.85. The molecule has 0 fully saturated rings. The first-order chi connectivity index (χ1) is 9.93. The van der Waals surface area contributed by atoms with Gasteiger partial charge in [-0.05, 0) is 17.7 Å². The molecule has 0 radical (unpaired) electrons. The summed E-state index contributed by atoms with van der Waals surface area (Å²) >= 11 is 0. The molecule has 2 rings (SSSR count). The third-order valence-electron chi connectivity index (χ3n) is 2.71. The van der Waals surface area contributed by atoms with Crippen molar-refractivity contribution in [3.05, 3.63) is 47.5 Å². The molecule has 0 unspecified atom stereocenters. The van der Waals surface area contributed by atoms with Gasteiger partial charge < -0.3 is 14.4 Å². The fraction of sp³-hybridized carbons (Fsp3) is 0.231. The minimum Gasteiger partial charge on any atom is -0.404 e. The average molecular weight is 297 g/mol. The molecular formula is C13H10F3N3O2. The Hall–Kier alpha value is -2.53. The lowest BCUT2D eigenvalue weighted by molar-refractivity contribution is -0.274. The number of ether oxygens (including phenoxy) is 1. The van der Waals surface area contributed by atoms with Crippen molar-refractivity contribution < 1.29 is 23.0 Å². The lowest BCUT2D eigenvalue weighted by atomic mass is 10.1. The third kappa shape index (κ3) is 3.73. The van der Waals surface area contributed by atoms with Crippen LogP contribution in [0.1, 0.15) is 16.8 Å². The summed E-state index contributed by atoms with van der Waals surface area (Å²) in [7, 11) is 0. The first kappa shape index (κ1) is 14.9. The van der Waals surface area contributed by atoms with Gasteiger partial charge in [0.1, 0.15) is 11.8 Å². The van der Waals surface area contributed by atoms with Gasteiger partial charge in [0, 0.05) is 6.54 Å². The van der Waals surface area contributed by atoms with Gasteiger partial charge in [-0.2, -0.15) is 5.26 Å². The highest BCUT2D eigenvalue weighted by molar-refractivity contribution is 5.45. The van der Waals surface area contributed by atoms with Crippen molar-refractivity contribution in [2.75, 3.05) is 0 Å². The van der Waals surface area contributed by atoms with Crippen LogP contribution < -0.4 is 4.74 Å². The minimum atomic E-state index is -4.87. The van der Waals surface area contributed by atoms with E-state index in [2.05, 4.69) is 9.72 Å². The molecule has 0 aliphatic heterocycles. The molecule has 1 aromatic heterocycles. The molecule has 0 saturated carbocycles. The fourth-order valence-corrected chi connectivity index (χ4v) is 1.79. The molecule has 2 aromatic rings. The van der Waals surface area contributed by atoms with Crippen molar-refractivity contribution in [3.8, 4) is 11.8 Å². The van der Waals surface area contributed by atoms with E-state index in [4.69, 9.17) is 10.4 Å². The largest absolute Gasteiger partial charge is 0.573 e. The number of halogens is 3. The Labute approximate surface area is 117 Å². The average Bonchev–Trinajstić information content (AvgIpc) is 2.84. The van der Waals surface area contributed by atoms with Crippen molar-refractivity contribution >= 4 is 0 Å². The summed E-state index contributed by atoms with van der Waals surface area (Å²) in [6.45, 7) is -0.0298. The monoisotopic (exact) mass is 297 g/mol. The number of aliphatic hydroxyl groups excluding tert-OH is 1. The molecule has 110 valence electrons. The van der Waals surface area contributed by atoms with Crippen molar-refractivity contribution in [1.29, 1.82) is 5.26 Å². The van der Waals surface area contributed by atoms with E-state index in [1.807, 2.05) is 0 Å². The van der Waals surface area contributed by atoms with Gasteiger partial charge in [-0.25, -0.2) is 4.98 Å². The van der Waals surface area contributed by atoms with E-state index < -0.39 is 12.1 Å². The molecule has 0 bridgehead atoms. The zero-order valence-corrected chi connectivity index (χ0v) is 10.6. The number of rotatable bonds is 4. The maximum atomic E-state index is 12.3. The minimum absolute atomic E-state index is 0.204. The van der Waals surface area contributed by atoms with Gasteiger partial charge in [0.2, 0.25) is 0 Å². The molecule has 8 heteroatoms. The van der Waals surface area contributed by atoms with Crippen molar-refractivity contribution in [2.45, 2.75) is 19.5 Å². The normalized spacial score (nSPS) is 11.2. The molecule has 5 nitrogen and oxygen atoms in total. The van der Waals surface area contributed by atoms with Crippen LogP contribution in [0.15, 0.2) is 30.7 Å². The maximum Gasteiger partial charge on any atom is 0.573 e. The molecule has 1 heterocycles. The molecule has 0 aliphatic rings. The second-order valence-corrected chi connectivity index (χ2v) is 4.16. The summed E-state index contributed by atoms with van der Waals surface area (Å²) in [5.41, 5.74) is 0.808. The molecule has 0 saturated heterocycles. The molecule has 0 aliphatic carbocycles. The highest BCUT2D eigenvalue weighted by Crippen LogP contribution is 2.27. The van der Waals surface area contributed by atoms with Crippen LogP contribution in [-0.4, -0.2) is 21.0 Å². The van der Waals surface area contributed by atoms with Crippen molar-refractivity contribution in [2.24, 2.45) is 0 Å². The SMILES string of the molecule is N#Cc1ccc(Cn2cncc2CO)cc1OC(F)(F)F. The molecule has 1 aromatic carbocycles. The third-order valence-corrected chi connectivity index (χ3v) is 2.71. The van der Waals surface area contributed by atoms with Gasteiger partial charge in [0.05, 0.1) is 30.4 Å². The summed E-state index contributed by atoms with van der Waals surface area (Å²) in [4.78, 5) is 3.84. The Bertz CT molecular complexity index is 674. The number of alkyl halides is 3. The van der Waals surface area contributed by atoms with E-state index in [0.717, 1.165) is 6.07 Å². The summed E-state index contributed by atoms with van der Waals surface area (Å²) in [6, 6.07) is 5.56. The number of benzene rings is 1. The topological polar surface area (TPSA) is 71.1 Å². The number of aromatic nitrogens is 2. The second-order valence-electron chi connectivity index (χ2n) is 4.16. The summed E-state index contributed by atoms with van der Waals surface area (Å²) in [6.07, 6.45) is -1.96. The molecule has 0 atom stereocenters. The summed E-state index contributed by atoms with van der Waals surface area (Å²) in [5.74, 6) is -0.548. The summed E-state index contributed by atoms with van der Waals surface area (Å²) in [5, 5.41) is 17.9. The fourth-order valence-electron chi connectivity index (χ4n) is 1.79. The highest BCUT2D eigenvalue weighted by atomic mass is 19.4. The lowest BCUT2D eigenvalue weighted by Crippen LogP contribution is -2.18. The quantitative estimate of drug-likeness (QED) is 0.939. The van der Waals surface area contributed by atoms with Crippen LogP contribution in [0, 0.1) is 11.3 Å². The number of hydrogen-bond acceptors (Lipinski definition) is 4. The molecular weight excluding hydrogens is 287 g/mol. The zero-order chi connectivity index (χ0) is 15.5. The highest BCUT2D eigenvalue weighted by Gasteiger charge is 2.32. The van der Waals surface area contributed by atoms with Gasteiger partial charge in [-0.1, -0.05) is 6.07 Å². The van der Waals surface area contributed by atoms with Gasteiger partial charge >= 0.3 is 6.36 Å². The van der Waals surface area contributed by atoms with E-state index in [0.29, 0.717) is 11.3 Å². The van der Waals surface area contributed by atoms with Crippen LogP contribution in [0.3, 0.4) is 0 Å². The Kier molecular flexibility index (Phi) is 4.14. The van der Waals surface area contributed by atoms with E-state index in [1.54, 1.807) is 10.6 Å². The van der Waals surface area contributed by atoms with E-state index in [1.165, 1.54) is 24.7 Å². The standard InChI is InChI=1S/C13H10F3N3O2/c14-13(15,16)21-12-3-9(1-2-10(12)4-17)6-19-8-18-5-11(19)7-20/h1-3,5,8,20H,6-7H2. The smallest absolute Gasteiger partial charge is 0.404 e. The van der Waals surface area contributed by atoms with Crippen molar-refractivity contribution in [3.63, 3.8) is 0 Å². The van der Waals surface area contributed by atoms with Gasteiger partial charge in [-0.3, -0.25) is 0 Å². The molecule has 0 spiro atoms. The van der Waals surface area contributed by atoms with Gasteiger partial charge in [0.15, 0.2) is 0 Å². The Morgan fingerprint density at radius 2 is 2.14 bits per heavy atom. The first-order valence-electron chi connectivity index (χ1n) is 5.81. The van der Waals surface area contributed by atoms with Crippen LogP contribution in [0.5, 0.6) is 5.75 Å². The van der Waals surface area contributed by atoms with E-state index >= 15 is 0 Å².